The Balaban J connectivity index is 2.02. The van der Waals surface area contributed by atoms with E-state index in [4.69, 9.17) is 9.15 Å². The minimum absolute atomic E-state index is 0.0185. The van der Waals surface area contributed by atoms with E-state index in [2.05, 4.69) is 5.32 Å². The molecule has 3 aromatic rings. The fraction of sp³-hybridized carbons (Fsp3) is 0.190. The van der Waals surface area contributed by atoms with Gasteiger partial charge >= 0.3 is 0 Å². The molecule has 3 rings (SSSR count). The highest BCUT2D eigenvalue weighted by Crippen LogP contribution is 2.32. The van der Waals surface area contributed by atoms with Crippen LogP contribution in [0.3, 0.4) is 0 Å². The maximum Gasteiger partial charge on any atom is 0.271 e. The Labute approximate surface area is 184 Å². The minimum Gasteiger partial charge on any atom is -0.495 e. The first-order valence-electron chi connectivity index (χ1n) is 9.42. The van der Waals surface area contributed by atoms with Crippen LogP contribution in [0.1, 0.15) is 21.7 Å². The lowest BCUT2D eigenvalue weighted by Crippen LogP contribution is -2.30. The van der Waals surface area contributed by atoms with Gasteiger partial charge in [-0.15, -0.1) is 0 Å². The van der Waals surface area contributed by atoms with Crippen molar-refractivity contribution in [1.29, 1.82) is 0 Å². The predicted octanol–water partition coefficient (Wildman–Crippen LogP) is 2.95. The normalized spacial score (nSPS) is 11.3. The second-order valence-corrected chi connectivity index (χ2v) is 8.63. The standard InChI is InChI=1S/C21H21N3O7S/c1-22-21(25)16-7-5-15(6-8-16)13-23(14-18-4-3-11-31-18)32(28,29)20-12-17(24(26)27)9-10-19(20)30-2/h3-12H,13-14H2,1-2H3,(H,22,25). The van der Waals surface area contributed by atoms with Gasteiger partial charge in [-0.25, -0.2) is 8.42 Å². The number of amides is 1. The molecule has 0 saturated heterocycles. The van der Waals surface area contributed by atoms with Gasteiger partial charge in [0.25, 0.3) is 11.6 Å². The molecule has 0 spiro atoms. The van der Waals surface area contributed by atoms with Gasteiger partial charge < -0.3 is 14.5 Å². The second-order valence-electron chi connectivity index (χ2n) is 6.72. The van der Waals surface area contributed by atoms with Gasteiger partial charge in [-0.3, -0.25) is 14.9 Å². The topological polar surface area (TPSA) is 132 Å². The van der Waals surface area contributed by atoms with Crippen LogP contribution in [0.25, 0.3) is 0 Å². The lowest BCUT2D eigenvalue weighted by atomic mass is 10.1. The van der Waals surface area contributed by atoms with Crippen molar-refractivity contribution >= 4 is 21.6 Å². The Hall–Kier alpha value is -3.70. The number of methoxy groups -OCH3 is 1. The Morgan fingerprint density at radius 1 is 1.16 bits per heavy atom. The van der Waals surface area contributed by atoms with Crippen molar-refractivity contribution in [3.63, 3.8) is 0 Å². The lowest BCUT2D eigenvalue weighted by Gasteiger charge is -2.22. The zero-order chi connectivity index (χ0) is 23.3. The van der Waals surface area contributed by atoms with Crippen LogP contribution < -0.4 is 10.1 Å². The Bertz CT molecular complexity index is 1210. The van der Waals surface area contributed by atoms with E-state index < -0.39 is 14.9 Å². The number of furan rings is 1. The number of rotatable bonds is 9. The third-order valence-electron chi connectivity index (χ3n) is 4.69. The van der Waals surface area contributed by atoms with Crippen LogP contribution in [0, 0.1) is 10.1 Å². The molecule has 0 unspecified atom stereocenters. The number of carbonyl (C=O) groups is 1. The molecule has 1 heterocycles. The first-order chi connectivity index (χ1) is 15.3. The summed E-state index contributed by atoms with van der Waals surface area (Å²) in [4.78, 5) is 22.0. The van der Waals surface area contributed by atoms with Crippen molar-refractivity contribution < 1.29 is 27.3 Å². The van der Waals surface area contributed by atoms with Crippen molar-refractivity contribution in [3.8, 4) is 5.75 Å². The highest BCUT2D eigenvalue weighted by atomic mass is 32.2. The molecule has 1 aromatic heterocycles. The van der Waals surface area contributed by atoms with E-state index in [0.29, 0.717) is 16.9 Å². The van der Waals surface area contributed by atoms with Gasteiger partial charge in [0, 0.05) is 31.3 Å². The summed E-state index contributed by atoms with van der Waals surface area (Å²) < 4.78 is 38.7. The molecule has 1 amide bonds. The molecule has 10 nitrogen and oxygen atoms in total. The molecular weight excluding hydrogens is 438 g/mol. The van der Waals surface area contributed by atoms with Gasteiger partial charge in [0.05, 0.1) is 24.8 Å². The SMILES string of the molecule is CNC(=O)c1ccc(CN(Cc2ccco2)S(=O)(=O)c2cc([N+](=O)[O-])ccc2OC)cc1. The average molecular weight is 459 g/mol. The van der Waals surface area contributed by atoms with Crippen molar-refractivity contribution in [2.75, 3.05) is 14.2 Å². The van der Waals surface area contributed by atoms with Crippen LogP contribution >= 0.6 is 0 Å². The summed E-state index contributed by atoms with van der Waals surface area (Å²) in [7, 11) is -1.44. The number of ether oxygens (including phenoxy) is 1. The Morgan fingerprint density at radius 2 is 1.88 bits per heavy atom. The summed E-state index contributed by atoms with van der Waals surface area (Å²) in [6.45, 7) is -0.179. The number of nitrogens with zero attached hydrogens (tertiary/aromatic N) is 2. The molecule has 0 saturated carbocycles. The van der Waals surface area contributed by atoms with E-state index in [9.17, 15) is 23.3 Å². The molecule has 0 aliphatic rings. The van der Waals surface area contributed by atoms with Crippen LogP contribution in [0.15, 0.2) is 70.2 Å². The van der Waals surface area contributed by atoms with Crippen LogP contribution in [0.4, 0.5) is 5.69 Å². The summed E-state index contributed by atoms with van der Waals surface area (Å²) in [6.07, 6.45) is 1.42. The fourth-order valence-electron chi connectivity index (χ4n) is 3.03. The van der Waals surface area contributed by atoms with Gasteiger partial charge in [-0.05, 0) is 35.9 Å². The van der Waals surface area contributed by atoms with Crippen LogP contribution in [0.5, 0.6) is 5.75 Å². The van der Waals surface area contributed by atoms with Crippen molar-refractivity contribution in [3.05, 3.63) is 87.9 Å². The molecule has 0 bridgehead atoms. The van der Waals surface area contributed by atoms with Gasteiger partial charge in [0.15, 0.2) is 0 Å². The summed E-state index contributed by atoms with van der Waals surface area (Å²) in [5, 5.41) is 13.7. The van der Waals surface area contributed by atoms with Gasteiger partial charge in [0.2, 0.25) is 10.0 Å². The lowest BCUT2D eigenvalue weighted by molar-refractivity contribution is -0.385. The highest BCUT2D eigenvalue weighted by Gasteiger charge is 2.30. The van der Waals surface area contributed by atoms with Gasteiger partial charge in [-0.2, -0.15) is 4.31 Å². The molecule has 11 heteroatoms. The number of hydrogen-bond acceptors (Lipinski definition) is 7. The molecule has 0 atom stereocenters. The van der Waals surface area contributed by atoms with Crippen LogP contribution in [-0.2, 0) is 23.1 Å². The van der Waals surface area contributed by atoms with E-state index in [-0.39, 0.29) is 35.3 Å². The number of hydrogen-bond donors (Lipinski definition) is 1. The molecule has 0 radical (unpaired) electrons. The highest BCUT2D eigenvalue weighted by molar-refractivity contribution is 7.89. The molecule has 168 valence electrons. The van der Waals surface area contributed by atoms with Crippen molar-refractivity contribution in [2.24, 2.45) is 0 Å². The van der Waals surface area contributed by atoms with Gasteiger partial charge in [0.1, 0.15) is 16.4 Å². The van der Waals surface area contributed by atoms with Gasteiger partial charge in [-0.1, -0.05) is 12.1 Å². The molecular formula is C21H21N3O7S. The average Bonchev–Trinajstić information content (AvgIpc) is 3.31. The minimum atomic E-state index is -4.24. The predicted molar refractivity (Wildman–Crippen MR) is 115 cm³/mol. The smallest absolute Gasteiger partial charge is 0.271 e. The molecule has 0 fully saturated rings. The summed E-state index contributed by atoms with van der Waals surface area (Å²) in [5.74, 6) is 0.105. The largest absolute Gasteiger partial charge is 0.495 e. The number of nitro groups is 1. The maximum absolute atomic E-state index is 13.6. The van der Waals surface area contributed by atoms with E-state index in [1.54, 1.807) is 36.4 Å². The zero-order valence-electron chi connectivity index (χ0n) is 17.3. The quantitative estimate of drug-likeness (QED) is 0.384. The maximum atomic E-state index is 13.6. The summed E-state index contributed by atoms with van der Waals surface area (Å²) in [6, 6.07) is 13.1. The molecule has 1 N–H and O–H groups in total. The monoisotopic (exact) mass is 459 g/mol. The second kappa shape index (κ2) is 9.62. The number of nitrogens with one attached hydrogen (secondary N) is 1. The summed E-state index contributed by atoms with van der Waals surface area (Å²) >= 11 is 0. The third-order valence-corrected chi connectivity index (χ3v) is 6.50. The van der Waals surface area contributed by atoms with E-state index in [0.717, 1.165) is 10.4 Å². The fourth-order valence-corrected chi connectivity index (χ4v) is 4.60. The number of carbonyl (C=O) groups excluding carboxylic acids is 1. The van der Waals surface area contributed by atoms with Crippen LogP contribution in [-0.4, -0.2) is 37.7 Å². The van der Waals surface area contributed by atoms with Crippen molar-refractivity contribution in [1.82, 2.24) is 9.62 Å². The first kappa shape index (κ1) is 23.0. The Kier molecular flexibility index (Phi) is 6.91. The number of nitro benzene ring substituents is 1. The molecule has 2 aromatic carbocycles. The molecule has 0 aliphatic carbocycles. The molecule has 0 aliphatic heterocycles. The van der Waals surface area contributed by atoms with Crippen LogP contribution in [0.2, 0.25) is 0 Å². The number of benzene rings is 2. The zero-order valence-corrected chi connectivity index (χ0v) is 18.2. The van der Waals surface area contributed by atoms with E-state index >= 15 is 0 Å². The third kappa shape index (κ3) is 4.95. The summed E-state index contributed by atoms with van der Waals surface area (Å²) in [5.41, 5.74) is 0.659. The molecule has 32 heavy (non-hydrogen) atoms. The van der Waals surface area contributed by atoms with E-state index in [1.165, 1.54) is 32.6 Å². The van der Waals surface area contributed by atoms with E-state index in [1.807, 2.05) is 0 Å². The first-order valence-corrected chi connectivity index (χ1v) is 10.9. The number of sulfonamides is 1. The number of non-ortho nitro benzene ring substituents is 1. The Morgan fingerprint density at radius 3 is 2.44 bits per heavy atom. The van der Waals surface area contributed by atoms with Crippen molar-refractivity contribution in [2.45, 2.75) is 18.0 Å².